The molecule has 0 radical (unpaired) electrons. The second kappa shape index (κ2) is 10.9. The molecule has 2 aliphatic heterocycles. The third kappa shape index (κ3) is 5.18. The van der Waals surface area contributed by atoms with Gasteiger partial charge in [0.2, 0.25) is 5.91 Å². The van der Waals surface area contributed by atoms with Crippen LogP contribution < -0.4 is 10.1 Å². The number of carbonyl (C=O) groups excluding carboxylic acids is 2. The summed E-state index contributed by atoms with van der Waals surface area (Å²) in [5, 5.41) is 2.81. The van der Waals surface area contributed by atoms with Gasteiger partial charge in [0.05, 0.1) is 6.10 Å². The molecule has 3 fully saturated rings. The standard InChI is InChI=1S/C29H41N3O4/c1-4-31(17-20-9-11-22(35-3)12-10-20)25-6-5-7-27(25)36-23-13-14-24-21(16-23)18-32(29(24)34)26-15-8-19(2)30-28(26)33/h13-14,16,20,22,25-27H,2,4-12,15,17-18H2,1,3H3,(H,30,33)/t20?,22?,25-,26?,27-/m0/s1. The molecular weight excluding hydrogens is 454 g/mol. The van der Waals surface area contributed by atoms with Crippen molar-refractivity contribution in [2.24, 2.45) is 5.92 Å². The summed E-state index contributed by atoms with van der Waals surface area (Å²) in [5.74, 6) is 1.37. The van der Waals surface area contributed by atoms with Gasteiger partial charge in [0.1, 0.15) is 17.9 Å². The number of nitrogens with zero attached hydrogens (tertiary/aromatic N) is 2. The summed E-state index contributed by atoms with van der Waals surface area (Å²) in [7, 11) is 1.83. The highest BCUT2D eigenvalue weighted by Gasteiger charge is 2.39. The Bertz CT molecular complexity index is 987. The van der Waals surface area contributed by atoms with E-state index in [9.17, 15) is 9.59 Å². The second-order valence-corrected chi connectivity index (χ2v) is 11.0. The Labute approximate surface area is 215 Å². The van der Waals surface area contributed by atoms with E-state index in [2.05, 4.69) is 23.7 Å². The van der Waals surface area contributed by atoms with Crippen molar-refractivity contribution < 1.29 is 19.1 Å². The van der Waals surface area contributed by atoms with Gasteiger partial charge in [-0.1, -0.05) is 13.5 Å². The van der Waals surface area contributed by atoms with E-state index in [0.29, 0.717) is 37.1 Å². The van der Waals surface area contributed by atoms with Crippen LogP contribution in [-0.2, 0) is 16.1 Å². The summed E-state index contributed by atoms with van der Waals surface area (Å²) in [6.07, 6.45) is 10.2. The monoisotopic (exact) mass is 495 g/mol. The van der Waals surface area contributed by atoms with Gasteiger partial charge in [-0.05, 0) is 94.0 Å². The molecule has 36 heavy (non-hydrogen) atoms. The molecule has 1 N–H and O–H groups in total. The minimum atomic E-state index is -0.434. The van der Waals surface area contributed by atoms with Crippen LogP contribution in [0.3, 0.4) is 0 Å². The molecule has 1 saturated heterocycles. The van der Waals surface area contributed by atoms with Gasteiger partial charge < -0.3 is 19.7 Å². The summed E-state index contributed by atoms with van der Waals surface area (Å²) >= 11 is 0. The number of methoxy groups -OCH3 is 1. The fourth-order valence-electron chi connectivity index (χ4n) is 6.72. The Morgan fingerprint density at radius 3 is 2.64 bits per heavy atom. The average Bonchev–Trinajstić information content (AvgIpc) is 3.47. The number of carbonyl (C=O) groups is 2. The SMILES string of the molecule is C=C1CCC(N2Cc3cc(O[C@H]4CCC[C@@H]4N(CC)CC4CCC(OC)CC4)ccc3C2=O)C(=O)N1. The number of amides is 2. The van der Waals surface area contributed by atoms with Crippen LogP contribution in [0.4, 0.5) is 0 Å². The second-order valence-electron chi connectivity index (χ2n) is 11.0. The van der Waals surface area contributed by atoms with Crippen LogP contribution in [0.5, 0.6) is 5.75 Å². The third-order valence-electron chi connectivity index (χ3n) is 8.81. The molecule has 2 heterocycles. The lowest BCUT2D eigenvalue weighted by molar-refractivity contribution is -0.126. The van der Waals surface area contributed by atoms with Gasteiger partial charge in [-0.15, -0.1) is 0 Å². The van der Waals surface area contributed by atoms with Gasteiger partial charge in [-0.2, -0.15) is 0 Å². The molecule has 2 saturated carbocycles. The molecule has 7 nitrogen and oxygen atoms in total. The number of hydrogen-bond donors (Lipinski definition) is 1. The highest BCUT2D eigenvalue weighted by atomic mass is 16.5. The lowest BCUT2D eigenvalue weighted by Crippen LogP contribution is -2.49. The summed E-state index contributed by atoms with van der Waals surface area (Å²) in [6.45, 7) is 8.75. The van der Waals surface area contributed by atoms with Gasteiger partial charge in [-0.3, -0.25) is 14.5 Å². The fraction of sp³-hybridized carbons (Fsp3) is 0.655. The van der Waals surface area contributed by atoms with Crippen molar-refractivity contribution in [3.05, 3.63) is 41.6 Å². The summed E-state index contributed by atoms with van der Waals surface area (Å²) in [5.41, 5.74) is 2.36. The van der Waals surface area contributed by atoms with E-state index in [-0.39, 0.29) is 17.9 Å². The van der Waals surface area contributed by atoms with Gasteiger partial charge in [0.25, 0.3) is 5.91 Å². The van der Waals surface area contributed by atoms with Crippen molar-refractivity contribution in [3.8, 4) is 5.75 Å². The summed E-state index contributed by atoms with van der Waals surface area (Å²) < 4.78 is 12.2. The quantitative estimate of drug-likeness (QED) is 0.584. The predicted molar refractivity (Wildman–Crippen MR) is 139 cm³/mol. The minimum absolute atomic E-state index is 0.0664. The molecule has 2 aliphatic carbocycles. The highest BCUT2D eigenvalue weighted by molar-refractivity contribution is 6.01. The van der Waals surface area contributed by atoms with Crippen molar-refractivity contribution in [1.82, 2.24) is 15.1 Å². The van der Waals surface area contributed by atoms with E-state index >= 15 is 0 Å². The molecule has 1 unspecified atom stereocenters. The van der Waals surface area contributed by atoms with Crippen LogP contribution in [0.2, 0.25) is 0 Å². The van der Waals surface area contributed by atoms with Crippen LogP contribution in [0.25, 0.3) is 0 Å². The van der Waals surface area contributed by atoms with E-state index < -0.39 is 6.04 Å². The van der Waals surface area contributed by atoms with Crippen molar-refractivity contribution in [1.29, 1.82) is 0 Å². The van der Waals surface area contributed by atoms with Gasteiger partial charge in [0.15, 0.2) is 0 Å². The largest absolute Gasteiger partial charge is 0.489 e. The molecule has 1 aromatic carbocycles. The molecule has 5 rings (SSSR count). The third-order valence-corrected chi connectivity index (χ3v) is 8.81. The maximum atomic E-state index is 13.1. The average molecular weight is 496 g/mol. The first kappa shape index (κ1) is 25.3. The first-order valence-electron chi connectivity index (χ1n) is 13.8. The zero-order valence-electron chi connectivity index (χ0n) is 21.8. The van der Waals surface area contributed by atoms with E-state index in [1.165, 1.54) is 38.5 Å². The number of likely N-dealkylation sites (N-methyl/N-ethyl adjacent to an activating group) is 1. The number of rotatable bonds is 8. The molecule has 0 bridgehead atoms. The fourth-order valence-corrected chi connectivity index (χ4v) is 6.72. The maximum absolute atomic E-state index is 13.1. The lowest BCUT2D eigenvalue weighted by Gasteiger charge is -2.37. The first-order chi connectivity index (χ1) is 17.5. The predicted octanol–water partition coefficient (Wildman–Crippen LogP) is 4.26. The van der Waals surface area contributed by atoms with E-state index in [1.807, 2.05) is 25.3 Å². The zero-order valence-corrected chi connectivity index (χ0v) is 21.8. The van der Waals surface area contributed by atoms with Gasteiger partial charge >= 0.3 is 0 Å². The Kier molecular flexibility index (Phi) is 7.68. The molecule has 4 aliphatic rings. The van der Waals surface area contributed by atoms with Gasteiger partial charge in [0, 0.05) is 37.5 Å². The Morgan fingerprint density at radius 1 is 1.11 bits per heavy atom. The van der Waals surface area contributed by atoms with Crippen LogP contribution in [-0.4, -0.2) is 66.1 Å². The number of allylic oxidation sites excluding steroid dienone is 1. The first-order valence-corrected chi connectivity index (χ1v) is 13.8. The Balaban J connectivity index is 1.22. The van der Waals surface area contributed by atoms with E-state index in [4.69, 9.17) is 9.47 Å². The summed E-state index contributed by atoms with van der Waals surface area (Å²) in [4.78, 5) is 29.9. The van der Waals surface area contributed by atoms with Crippen molar-refractivity contribution in [2.45, 2.75) is 95.5 Å². The van der Waals surface area contributed by atoms with Crippen LogP contribution in [0.15, 0.2) is 30.5 Å². The molecule has 3 atom stereocenters. The Hall–Kier alpha value is -2.38. The van der Waals surface area contributed by atoms with Crippen LogP contribution in [0, 0.1) is 5.92 Å². The number of hydrogen-bond acceptors (Lipinski definition) is 5. The number of benzene rings is 1. The Morgan fingerprint density at radius 2 is 1.92 bits per heavy atom. The molecule has 0 aromatic heterocycles. The molecule has 0 spiro atoms. The summed E-state index contributed by atoms with van der Waals surface area (Å²) in [6, 6.07) is 5.82. The smallest absolute Gasteiger partial charge is 0.255 e. The van der Waals surface area contributed by atoms with Crippen molar-refractivity contribution in [2.75, 3.05) is 20.2 Å². The van der Waals surface area contributed by atoms with E-state index in [1.54, 1.807) is 4.90 Å². The zero-order chi connectivity index (χ0) is 25.2. The molecule has 1 aromatic rings. The van der Waals surface area contributed by atoms with Crippen molar-refractivity contribution >= 4 is 11.8 Å². The maximum Gasteiger partial charge on any atom is 0.255 e. The normalized spacial score (nSPS) is 30.6. The number of piperidine rings is 1. The van der Waals surface area contributed by atoms with Crippen molar-refractivity contribution in [3.63, 3.8) is 0 Å². The van der Waals surface area contributed by atoms with Gasteiger partial charge in [-0.25, -0.2) is 0 Å². The van der Waals surface area contributed by atoms with Crippen LogP contribution >= 0.6 is 0 Å². The van der Waals surface area contributed by atoms with Crippen LogP contribution in [0.1, 0.15) is 80.6 Å². The minimum Gasteiger partial charge on any atom is -0.489 e. The molecule has 7 heteroatoms. The molecule has 2 amide bonds. The number of nitrogens with one attached hydrogen (secondary N) is 1. The molecule has 196 valence electrons. The lowest BCUT2D eigenvalue weighted by atomic mass is 9.86. The number of fused-ring (bicyclic) bond motifs is 1. The molecular formula is C29H41N3O4. The highest BCUT2D eigenvalue weighted by Crippen LogP contribution is 2.35. The number of ether oxygens (including phenoxy) is 2. The topological polar surface area (TPSA) is 71.1 Å². The van der Waals surface area contributed by atoms with E-state index in [0.717, 1.165) is 42.4 Å².